The molecule has 7 heteroatoms. The maximum absolute atomic E-state index is 12.6. The number of ether oxygens (including phenoxy) is 2. The van der Waals surface area contributed by atoms with Gasteiger partial charge in [-0.05, 0) is 38.3 Å². The smallest absolute Gasteiger partial charge is 0.238 e. The third-order valence-corrected chi connectivity index (χ3v) is 6.41. The van der Waals surface area contributed by atoms with E-state index in [2.05, 4.69) is 15.2 Å². The molecule has 4 rings (SSSR count). The lowest BCUT2D eigenvalue weighted by molar-refractivity contribution is -0.146. The average Bonchev–Trinajstić information content (AvgIpc) is 3.32. The Bertz CT molecular complexity index is 832. The molecule has 0 aliphatic carbocycles. The Morgan fingerprint density at radius 3 is 3.11 bits per heavy atom. The van der Waals surface area contributed by atoms with Crippen molar-refractivity contribution in [3.05, 3.63) is 34.7 Å². The molecular formula is C21H27N3O3S. The molecule has 0 bridgehead atoms. The van der Waals surface area contributed by atoms with Crippen LogP contribution in [-0.4, -0.2) is 60.8 Å². The molecule has 2 saturated heterocycles. The topological polar surface area (TPSA) is 63.7 Å². The maximum atomic E-state index is 12.6. The Balaban J connectivity index is 1.38. The van der Waals surface area contributed by atoms with E-state index in [4.69, 9.17) is 9.47 Å². The number of piperidine rings is 1. The summed E-state index contributed by atoms with van der Waals surface area (Å²) in [5.41, 5.74) is 2.50. The van der Waals surface area contributed by atoms with Gasteiger partial charge in [-0.1, -0.05) is 12.1 Å². The van der Waals surface area contributed by atoms with Gasteiger partial charge in [-0.2, -0.15) is 0 Å². The summed E-state index contributed by atoms with van der Waals surface area (Å²) in [7, 11) is 1.76. The monoisotopic (exact) mass is 401 g/mol. The Morgan fingerprint density at radius 2 is 2.39 bits per heavy atom. The molecule has 2 aliphatic rings. The summed E-state index contributed by atoms with van der Waals surface area (Å²) >= 11 is 1.63. The third kappa shape index (κ3) is 4.12. The number of amides is 1. The number of likely N-dealkylation sites (tertiary alicyclic amines) is 1. The first-order chi connectivity index (χ1) is 13.6. The number of methoxy groups -OCH3 is 1. The van der Waals surface area contributed by atoms with Crippen molar-refractivity contribution in [2.24, 2.45) is 0 Å². The number of nitrogens with one attached hydrogen (secondary N) is 1. The zero-order chi connectivity index (χ0) is 19.6. The normalized spacial score (nSPS) is 25.3. The summed E-state index contributed by atoms with van der Waals surface area (Å²) in [4.78, 5) is 19.4. The van der Waals surface area contributed by atoms with Crippen molar-refractivity contribution in [3.63, 3.8) is 0 Å². The molecule has 2 atom stereocenters. The SMILES string of the molecule is CO[C@@H]1CCN(CC(=O)Nc2cccc(-c3csc(C)n3)c2)C[C@]12CCCO2. The summed E-state index contributed by atoms with van der Waals surface area (Å²) in [5, 5.41) is 6.11. The van der Waals surface area contributed by atoms with Crippen LogP contribution in [0.1, 0.15) is 24.3 Å². The summed E-state index contributed by atoms with van der Waals surface area (Å²) in [6.07, 6.45) is 3.07. The molecule has 2 aliphatic heterocycles. The van der Waals surface area contributed by atoms with E-state index in [1.807, 2.05) is 36.6 Å². The van der Waals surface area contributed by atoms with Crippen molar-refractivity contribution in [1.82, 2.24) is 9.88 Å². The Morgan fingerprint density at radius 1 is 1.50 bits per heavy atom. The first kappa shape index (κ1) is 19.5. The van der Waals surface area contributed by atoms with Crippen molar-refractivity contribution in [1.29, 1.82) is 0 Å². The number of anilines is 1. The minimum atomic E-state index is -0.254. The molecule has 3 heterocycles. The molecule has 1 N–H and O–H groups in total. The standard InChI is InChI=1S/C21H27N3O3S/c1-15-22-18(13-28-15)16-5-3-6-17(11-16)23-20(25)12-24-9-7-19(26-2)21(14-24)8-4-10-27-21/h3,5-6,11,13,19H,4,7-10,12,14H2,1-2H3,(H,23,25)/t19-,21-/m1/s1. The van der Waals surface area contributed by atoms with E-state index in [1.54, 1.807) is 18.4 Å². The number of carbonyl (C=O) groups is 1. The molecule has 1 aromatic carbocycles. The number of hydrogen-bond acceptors (Lipinski definition) is 6. The molecule has 2 fully saturated rings. The highest BCUT2D eigenvalue weighted by atomic mass is 32.1. The second kappa shape index (κ2) is 8.29. The van der Waals surface area contributed by atoms with E-state index in [9.17, 15) is 4.79 Å². The molecule has 0 radical (unpaired) electrons. The van der Waals surface area contributed by atoms with E-state index >= 15 is 0 Å². The van der Waals surface area contributed by atoms with Crippen LogP contribution in [0, 0.1) is 6.92 Å². The van der Waals surface area contributed by atoms with Gasteiger partial charge in [-0.3, -0.25) is 9.69 Å². The number of rotatable bonds is 5. The second-order valence-corrected chi connectivity index (χ2v) is 8.68. The lowest BCUT2D eigenvalue weighted by Crippen LogP contribution is -2.58. The maximum Gasteiger partial charge on any atom is 0.238 e. The minimum Gasteiger partial charge on any atom is -0.378 e. The number of nitrogens with zero attached hydrogens (tertiary/aromatic N) is 2. The number of thiazole rings is 1. The largest absolute Gasteiger partial charge is 0.378 e. The van der Waals surface area contributed by atoms with Gasteiger partial charge in [-0.25, -0.2) is 4.98 Å². The van der Waals surface area contributed by atoms with Crippen molar-refractivity contribution in [2.75, 3.05) is 38.7 Å². The van der Waals surface area contributed by atoms with Gasteiger partial charge < -0.3 is 14.8 Å². The summed E-state index contributed by atoms with van der Waals surface area (Å²) < 4.78 is 11.8. The van der Waals surface area contributed by atoms with Gasteiger partial charge in [0.25, 0.3) is 0 Å². The molecular weight excluding hydrogens is 374 g/mol. The van der Waals surface area contributed by atoms with Crippen LogP contribution in [0.5, 0.6) is 0 Å². The Hall–Kier alpha value is -1.80. The molecule has 6 nitrogen and oxygen atoms in total. The second-order valence-electron chi connectivity index (χ2n) is 7.62. The van der Waals surface area contributed by atoms with Crippen LogP contribution in [0.3, 0.4) is 0 Å². The predicted molar refractivity (Wildman–Crippen MR) is 111 cm³/mol. The van der Waals surface area contributed by atoms with Crippen LogP contribution >= 0.6 is 11.3 Å². The first-order valence-corrected chi connectivity index (χ1v) is 10.7. The fraction of sp³-hybridized carbons (Fsp3) is 0.524. The molecule has 1 amide bonds. The van der Waals surface area contributed by atoms with Crippen LogP contribution in [0.2, 0.25) is 0 Å². The van der Waals surface area contributed by atoms with Gasteiger partial charge in [0.1, 0.15) is 5.60 Å². The number of aryl methyl sites for hydroxylation is 1. The quantitative estimate of drug-likeness (QED) is 0.833. The summed E-state index contributed by atoms with van der Waals surface area (Å²) in [6.45, 7) is 4.73. The zero-order valence-electron chi connectivity index (χ0n) is 16.4. The van der Waals surface area contributed by atoms with Crippen molar-refractivity contribution in [3.8, 4) is 11.3 Å². The molecule has 2 aromatic rings. The highest BCUT2D eigenvalue weighted by molar-refractivity contribution is 7.09. The fourth-order valence-electron chi connectivity index (χ4n) is 4.34. The molecule has 1 aromatic heterocycles. The lowest BCUT2D eigenvalue weighted by atomic mass is 9.87. The number of aromatic nitrogens is 1. The predicted octanol–water partition coefficient (Wildman–Crippen LogP) is 3.33. The van der Waals surface area contributed by atoms with Crippen molar-refractivity contribution < 1.29 is 14.3 Å². The zero-order valence-corrected chi connectivity index (χ0v) is 17.3. The molecule has 0 saturated carbocycles. The van der Waals surface area contributed by atoms with Crippen molar-refractivity contribution >= 4 is 22.9 Å². The summed E-state index contributed by atoms with van der Waals surface area (Å²) in [6, 6.07) is 7.86. The van der Waals surface area contributed by atoms with Gasteiger partial charge >= 0.3 is 0 Å². The van der Waals surface area contributed by atoms with Crippen LogP contribution in [0.15, 0.2) is 29.6 Å². The number of benzene rings is 1. The molecule has 28 heavy (non-hydrogen) atoms. The highest BCUT2D eigenvalue weighted by Crippen LogP contribution is 2.36. The molecule has 0 unspecified atom stereocenters. The van der Waals surface area contributed by atoms with Gasteiger partial charge in [0.15, 0.2) is 0 Å². The number of hydrogen-bond donors (Lipinski definition) is 1. The van der Waals surface area contributed by atoms with Gasteiger partial charge in [0, 0.05) is 43.4 Å². The molecule has 1 spiro atoms. The van der Waals surface area contributed by atoms with E-state index in [-0.39, 0.29) is 17.6 Å². The fourth-order valence-corrected chi connectivity index (χ4v) is 4.97. The van der Waals surface area contributed by atoms with Crippen LogP contribution in [0.4, 0.5) is 5.69 Å². The van der Waals surface area contributed by atoms with E-state index in [1.165, 1.54) is 0 Å². The average molecular weight is 402 g/mol. The van der Waals surface area contributed by atoms with Crippen LogP contribution < -0.4 is 5.32 Å². The number of carbonyl (C=O) groups excluding carboxylic acids is 1. The Kier molecular flexibility index (Phi) is 5.78. The van der Waals surface area contributed by atoms with Gasteiger partial charge in [0.2, 0.25) is 5.91 Å². The lowest BCUT2D eigenvalue weighted by Gasteiger charge is -2.44. The third-order valence-electron chi connectivity index (χ3n) is 5.63. The van der Waals surface area contributed by atoms with E-state index in [0.29, 0.717) is 6.54 Å². The van der Waals surface area contributed by atoms with E-state index in [0.717, 1.165) is 60.9 Å². The van der Waals surface area contributed by atoms with Crippen LogP contribution in [-0.2, 0) is 14.3 Å². The van der Waals surface area contributed by atoms with Gasteiger partial charge in [0.05, 0.1) is 23.4 Å². The van der Waals surface area contributed by atoms with Crippen molar-refractivity contribution in [2.45, 2.75) is 37.9 Å². The van der Waals surface area contributed by atoms with Gasteiger partial charge in [-0.15, -0.1) is 11.3 Å². The first-order valence-electron chi connectivity index (χ1n) is 9.79. The molecule has 150 valence electrons. The van der Waals surface area contributed by atoms with E-state index < -0.39 is 0 Å². The minimum absolute atomic E-state index is 0.00405. The van der Waals surface area contributed by atoms with Crippen LogP contribution in [0.25, 0.3) is 11.3 Å². The Labute approximate surface area is 169 Å². The summed E-state index contributed by atoms with van der Waals surface area (Å²) in [5.74, 6) is -0.00405. The highest BCUT2D eigenvalue weighted by Gasteiger charge is 2.47.